The van der Waals surface area contributed by atoms with Crippen LogP contribution in [-0.2, 0) is 0 Å². The lowest BCUT2D eigenvalue weighted by atomic mass is 9.78. The molecule has 12 heavy (non-hydrogen) atoms. The van der Waals surface area contributed by atoms with E-state index in [-0.39, 0.29) is 6.10 Å². The topological polar surface area (TPSA) is 58.6 Å². The van der Waals surface area contributed by atoms with Crippen molar-refractivity contribution < 1.29 is 5.11 Å². The van der Waals surface area contributed by atoms with Gasteiger partial charge in [0.1, 0.15) is 0 Å². The van der Waals surface area contributed by atoms with E-state index in [0.29, 0.717) is 12.0 Å². The van der Waals surface area contributed by atoms with Gasteiger partial charge in [0.05, 0.1) is 18.0 Å². The minimum absolute atomic E-state index is 0.124. The number of amidine groups is 1. The highest BCUT2D eigenvalue weighted by molar-refractivity contribution is 5.81. The van der Waals surface area contributed by atoms with E-state index < -0.39 is 0 Å². The Balaban J connectivity index is 2.12. The lowest BCUT2D eigenvalue weighted by Crippen LogP contribution is -2.39. The van der Waals surface area contributed by atoms with Crippen LogP contribution in [0.1, 0.15) is 32.1 Å². The molecule has 3 heteroatoms. The predicted molar refractivity (Wildman–Crippen MR) is 48.0 cm³/mol. The molecule has 0 aromatic rings. The molecule has 1 fully saturated rings. The summed E-state index contributed by atoms with van der Waals surface area (Å²) in [7, 11) is 0. The van der Waals surface area contributed by atoms with Crippen LogP contribution < -0.4 is 5.73 Å². The first kappa shape index (κ1) is 8.05. The number of fused-ring (bicyclic) bond motifs is 1. The molecule has 0 amide bonds. The van der Waals surface area contributed by atoms with E-state index >= 15 is 0 Å². The molecule has 1 aliphatic carbocycles. The highest BCUT2D eigenvalue weighted by atomic mass is 16.3. The summed E-state index contributed by atoms with van der Waals surface area (Å²) in [6.45, 7) is 0. The molecule has 0 aromatic heterocycles. The molecule has 0 bridgehead atoms. The van der Waals surface area contributed by atoms with Crippen molar-refractivity contribution in [3.05, 3.63) is 0 Å². The van der Waals surface area contributed by atoms with Crippen molar-refractivity contribution in [1.82, 2.24) is 0 Å². The average Bonchev–Trinajstić information content (AvgIpc) is 2.04. The lowest BCUT2D eigenvalue weighted by molar-refractivity contribution is 0.0514. The maximum Gasteiger partial charge on any atom is 0.0940 e. The van der Waals surface area contributed by atoms with Gasteiger partial charge in [-0.15, -0.1) is 0 Å². The summed E-state index contributed by atoms with van der Waals surface area (Å²) in [5, 5.41) is 9.68. The van der Waals surface area contributed by atoms with Gasteiger partial charge in [-0.05, 0) is 25.7 Å². The van der Waals surface area contributed by atoms with E-state index in [1.807, 2.05) is 0 Å². The number of aliphatic hydroxyl groups excluding tert-OH is 1. The third kappa shape index (κ3) is 1.33. The Labute approximate surface area is 72.7 Å². The average molecular weight is 168 g/mol. The zero-order valence-electron chi connectivity index (χ0n) is 7.24. The van der Waals surface area contributed by atoms with Gasteiger partial charge in [-0.1, -0.05) is 0 Å². The van der Waals surface area contributed by atoms with Crippen molar-refractivity contribution in [2.75, 3.05) is 0 Å². The fourth-order valence-electron chi connectivity index (χ4n) is 2.36. The summed E-state index contributed by atoms with van der Waals surface area (Å²) < 4.78 is 0. The Morgan fingerprint density at radius 3 is 3.00 bits per heavy atom. The Morgan fingerprint density at radius 2 is 2.17 bits per heavy atom. The number of hydrogen-bond donors (Lipinski definition) is 2. The molecule has 2 aliphatic rings. The predicted octanol–water partition coefficient (Wildman–Crippen LogP) is 0.667. The first-order valence-electron chi connectivity index (χ1n) is 4.77. The van der Waals surface area contributed by atoms with E-state index in [4.69, 9.17) is 5.73 Å². The van der Waals surface area contributed by atoms with Crippen LogP contribution in [0.5, 0.6) is 0 Å². The monoisotopic (exact) mass is 168 g/mol. The third-order valence-electron chi connectivity index (χ3n) is 3.05. The highest BCUT2D eigenvalue weighted by Crippen LogP contribution is 2.33. The van der Waals surface area contributed by atoms with E-state index in [1.165, 1.54) is 0 Å². The van der Waals surface area contributed by atoms with Gasteiger partial charge < -0.3 is 10.8 Å². The van der Waals surface area contributed by atoms with E-state index in [0.717, 1.165) is 37.9 Å². The summed E-state index contributed by atoms with van der Waals surface area (Å²) in [5.74, 6) is 1.18. The molecule has 1 aliphatic heterocycles. The molecule has 0 saturated heterocycles. The SMILES string of the molecule is NC1=NC2CCCC(O)C2CC1. The number of rotatable bonds is 0. The van der Waals surface area contributed by atoms with Gasteiger partial charge in [-0.25, -0.2) is 0 Å². The van der Waals surface area contributed by atoms with Gasteiger partial charge in [0.25, 0.3) is 0 Å². The Bertz CT molecular complexity index is 203. The fourth-order valence-corrected chi connectivity index (χ4v) is 2.36. The molecule has 3 unspecified atom stereocenters. The lowest BCUT2D eigenvalue weighted by Gasteiger charge is -2.36. The molecule has 0 spiro atoms. The van der Waals surface area contributed by atoms with Gasteiger partial charge in [0.15, 0.2) is 0 Å². The minimum Gasteiger partial charge on any atom is -0.393 e. The molecule has 2 rings (SSSR count). The largest absolute Gasteiger partial charge is 0.393 e. The fraction of sp³-hybridized carbons (Fsp3) is 0.889. The van der Waals surface area contributed by atoms with Crippen molar-refractivity contribution in [3.63, 3.8) is 0 Å². The van der Waals surface area contributed by atoms with E-state index in [1.54, 1.807) is 0 Å². The van der Waals surface area contributed by atoms with Crippen LogP contribution in [0, 0.1) is 5.92 Å². The smallest absolute Gasteiger partial charge is 0.0940 e. The standard InChI is InChI=1S/C9H16N2O/c10-9-5-4-6-7(11-9)2-1-3-8(6)12/h6-8,12H,1-5H2,(H2,10,11). The maximum atomic E-state index is 9.68. The second-order valence-corrected chi connectivity index (χ2v) is 3.89. The molecule has 3 nitrogen and oxygen atoms in total. The first-order valence-corrected chi connectivity index (χ1v) is 4.77. The molecular formula is C9H16N2O. The third-order valence-corrected chi connectivity index (χ3v) is 3.05. The molecule has 3 atom stereocenters. The second kappa shape index (κ2) is 3.05. The summed E-state index contributed by atoms with van der Waals surface area (Å²) >= 11 is 0. The van der Waals surface area contributed by atoms with Gasteiger partial charge in [0, 0.05) is 12.3 Å². The number of aliphatic imine (C=N–C) groups is 1. The quantitative estimate of drug-likeness (QED) is 0.558. The van der Waals surface area contributed by atoms with Crippen LogP contribution in [-0.4, -0.2) is 23.1 Å². The van der Waals surface area contributed by atoms with Gasteiger partial charge in [-0.3, -0.25) is 4.99 Å². The number of hydrogen-bond acceptors (Lipinski definition) is 3. The molecule has 1 saturated carbocycles. The highest BCUT2D eigenvalue weighted by Gasteiger charge is 2.33. The minimum atomic E-state index is -0.124. The van der Waals surface area contributed by atoms with Crippen LogP contribution >= 0.6 is 0 Å². The Hall–Kier alpha value is -0.570. The maximum absolute atomic E-state index is 9.68. The van der Waals surface area contributed by atoms with Crippen LogP contribution in [0.25, 0.3) is 0 Å². The molecule has 0 radical (unpaired) electrons. The number of nitrogens with two attached hydrogens (primary N) is 1. The summed E-state index contributed by atoms with van der Waals surface area (Å²) in [4.78, 5) is 4.39. The van der Waals surface area contributed by atoms with Crippen LogP contribution in [0.2, 0.25) is 0 Å². The van der Waals surface area contributed by atoms with Crippen molar-refractivity contribution >= 4 is 5.84 Å². The second-order valence-electron chi connectivity index (χ2n) is 3.89. The molecular weight excluding hydrogens is 152 g/mol. The van der Waals surface area contributed by atoms with Crippen molar-refractivity contribution in [2.45, 2.75) is 44.2 Å². The van der Waals surface area contributed by atoms with E-state index in [2.05, 4.69) is 4.99 Å². The number of aliphatic hydroxyl groups is 1. The van der Waals surface area contributed by atoms with Crippen molar-refractivity contribution in [1.29, 1.82) is 0 Å². The summed E-state index contributed by atoms with van der Waals surface area (Å²) in [5.41, 5.74) is 5.66. The van der Waals surface area contributed by atoms with Gasteiger partial charge in [0.2, 0.25) is 0 Å². The van der Waals surface area contributed by atoms with Crippen LogP contribution in [0.4, 0.5) is 0 Å². The summed E-state index contributed by atoms with van der Waals surface area (Å²) in [6, 6.07) is 0.322. The molecule has 1 heterocycles. The Kier molecular flexibility index (Phi) is 2.05. The Morgan fingerprint density at radius 1 is 1.33 bits per heavy atom. The zero-order chi connectivity index (χ0) is 8.55. The number of nitrogens with zero attached hydrogens (tertiary/aromatic N) is 1. The van der Waals surface area contributed by atoms with Crippen LogP contribution in [0.15, 0.2) is 4.99 Å². The van der Waals surface area contributed by atoms with E-state index in [9.17, 15) is 5.11 Å². The van der Waals surface area contributed by atoms with Crippen molar-refractivity contribution in [2.24, 2.45) is 16.6 Å². The molecule has 0 aromatic carbocycles. The normalized spacial score (nSPS) is 41.8. The zero-order valence-corrected chi connectivity index (χ0v) is 7.24. The van der Waals surface area contributed by atoms with Crippen LogP contribution in [0.3, 0.4) is 0 Å². The molecule has 3 N–H and O–H groups in total. The van der Waals surface area contributed by atoms with Crippen molar-refractivity contribution in [3.8, 4) is 0 Å². The van der Waals surface area contributed by atoms with Gasteiger partial charge >= 0.3 is 0 Å². The van der Waals surface area contributed by atoms with Gasteiger partial charge in [-0.2, -0.15) is 0 Å². The molecule has 68 valence electrons. The summed E-state index contributed by atoms with van der Waals surface area (Å²) in [6.07, 6.45) is 4.94. The first-order chi connectivity index (χ1) is 5.77.